The molecule has 0 aliphatic heterocycles. The second-order valence-corrected chi connectivity index (χ2v) is 6.35. The number of aryl methyl sites for hydroxylation is 2. The number of carbonyl (C=O) groups is 1. The molecule has 0 atom stereocenters. The summed E-state index contributed by atoms with van der Waals surface area (Å²) in [6.45, 7) is 1.95. The Balaban J connectivity index is 1.53. The molecule has 5 heteroatoms. The minimum Gasteiger partial charge on any atom is -0.455 e. The normalized spacial score (nSPS) is 11.0. The van der Waals surface area contributed by atoms with Crippen LogP contribution < -0.4 is 5.43 Å². The van der Waals surface area contributed by atoms with E-state index >= 15 is 0 Å². The van der Waals surface area contributed by atoms with E-state index in [2.05, 4.69) is 10.5 Å². The molecule has 0 aliphatic carbocycles. The number of nitrogens with zero attached hydrogens (tertiary/aromatic N) is 1. The molecule has 3 rings (SSSR count). The number of hydrogen-bond donors (Lipinski definition) is 1. The van der Waals surface area contributed by atoms with Crippen LogP contribution in [-0.4, -0.2) is 12.1 Å². The monoisotopic (exact) mass is 366 g/mol. The van der Waals surface area contributed by atoms with E-state index in [1.807, 2.05) is 61.5 Å². The van der Waals surface area contributed by atoms with Crippen molar-refractivity contribution in [3.63, 3.8) is 0 Å². The zero-order valence-electron chi connectivity index (χ0n) is 14.4. The van der Waals surface area contributed by atoms with E-state index in [4.69, 9.17) is 16.0 Å². The van der Waals surface area contributed by atoms with Crippen LogP contribution in [0.25, 0.3) is 11.3 Å². The van der Waals surface area contributed by atoms with Crippen molar-refractivity contribution in [1.82, 2.24) is 5.43 Å². The molecule has 0 saturated carbocycles. The quantitative estimate of drug-likeness (QED) is 0.493. The molecule has 26 heavy (non-hydrogen) atoms. The number of rotatable bonds is 6. The second-order valence-electron chi connectivity index (χ2n) is 5.94. The Kier molecular flexibility index (Phi) is 5.87. The number of hydrazone groups is 1. The van der Waals surface area contributed by atoms with E-state index in [-0.39, 0.29) is 5.91 Å². The molecule has 4 nitrogen and oxygen atoms in total. The number of halogens is 1. The van der Waals surface area contributed by atoms with E-state index < -0.39 is 0 Å². The van der Waals surface area contributed by atoms with Crippen LogP contribution in [0.3, 0.4) is 0 Å². The van der Waals surface area contributed by atoms with Gasteiger partial charge in [0, 0.05) is 17.0 Å². The Morgan fingerprint density at radius 3 is 2.73 bits per heavy atom. The molecular formula is C21H19ClN2O2. The van der Waals surface area contributed by atoms with Crippen LogP contribution in [0.4, 0.5) is 0 Å². The van der Waals surface area contributed by atoms with Crippen LogP contribution in [-0.2, 0) is 11.2 Å². The fourth-order valence-corrected chi connectivity index (χ4v) is 2.63. The molecular weight excluding hydrogens is 348 g/mol. The molecule has 0 aliphatic rings. The zero-order valence-corrected chi connectivity index (χ0v) is 15.2. The number of benzene rings is 2. The molecule has 0 saturated heterocycles. The van der Waals surface area contributed by atoms with Crippen molar-refractivity contribution in [3.05, 3.63) is 82.6 Å². The summed E-state index contributed by atoms with van der Waals surface area (Å²) in [6.07, 6.45) is 2.55. The first kappa shape index (κ1) is 18.0. The first-order chi connectivity index (χ1) is 12.6. The number of furan rings is 1. The van der Waals surface area contributed by atoms with Crippen molar-refractivity contribution in [1.29, 1.82) is 0 Å². The highest BCUT2D eigenvalue weighted by molar-refractivity contribution is 6.31. The number of hydrogen-bond acceptors (Lipinski definition) is 3. The molecule has 1 N–H and O–H groups in total. The van der Waals surface area contributed by atoms with Gasteiger partial charge in [-0.05, 0) is 42.7 Å². The fourth-order valence-electron chi connectivity index (χ4n) is 2.45. The maximum atomic E-state index is 11.8. The van der Waals surface area contributed by atoms with Gasteiger partial charge in [-0.25, -0.2) is 5.43 Å². The van der Waals surface area contributed by atoms with E-state index in [0.29, 0.717) is 29.4 Å². The molecule has 0 radical (unpaired) electrons. The van der Waals surface area contributed by atoms with Gasteiger partial charge in [-0.15, -0.1) is 0 Å². The van der Waals surface area contributed by atoms with Crippen molar-refractivity contribution in [3.8, 4) is 11.3 Å². The lowest BCUT2D eigenvalue weighted by Gasteiger charge is -2.01. The van der Waals surface area contributed by atoms with Gasteiger partial charge in [-0.3, -0.25) is 4.79 Å². The van der Waals surface area contributed by atoms with Gasteiger partial charge < -0.3 is 4.42 Å². The lowest BCUT2D eigenvalue weighted by Crippen LogP contribution is -2.17. The summed E-state index contributed by atoms with van der Waals surface area (Å²) in [5.41, 5.74) is 5.55. The summed E-state index contributed by atoms with van der Waals surface area (Å²) < 4.78 is 5.72. The highest BCUT2D eigenvalue weighted by Gasteiger charge is 2.06. The van der Waals surface area contributed by atoms with Crippen molar-refractivity contribution in [2.45, 2.75) is 19.8 Å². The lowest BCUT2D eigenvalue weighted by molar-refractivity contribution is -0.121. The maximum absolute atomic E-state index is 11.8. The lowest BCUT2D eigenvalue weighted by atomic mass is 10.1. The summed E-state index contributed by atoms with van der Waals surface area (Å²) >= 11 is 6.15. The molecule has 1 aromatic heterocycles. The van der Waals surface area contributed by atoms with Crippen LogP contribution in [0.15, 0.2) is 70.2 Å². The van der Waals surface area contributed by atoms with Gasteiger partial charge in [-0.1, -0.05) is 54.1 Å². The molecule has 1 heterocycles. The van der Waals surface area contributed by atoms with Gasteiger partial charge >= 0.3 is 0 Å². The predicted molar refractivity (Wildman–Crippen MR) is 104 cm³/mol. The predicted octanol–water partition coefficient (Wildman–Crippen LogP) is 4.99. The second kappa shape index (κ2) is 8.50. The fraction of sp³-hybridized carbons (Fsp3) is 0.143. The summed E-state index contributed by atoms with van der Waals surface area (Å²) in [5, 5.41) is 4.64. The molecule has 1 amide bonds. The first-order valence-electron chi connectivity index (χ1n) is 8.34. The number of carbonyl (C=O) groups excluding carboxylic acids is 1. The summed E-state index contributed by atoms with van der Waals surface area (Å²) in [5.74, 6) is 1.12. The van der Waals surface area contributed by atoms with E-state index in [1.165, 1.54) is 6.21 Å². The van der Waals surface area contributed by atoms with Gasteiger partial charge in [0.2, 0.25) is 5.91 Å². The molecule has 0 fully saturated rings. The van der Waals surface area contributed by atoms with E-state index in [9.17, 15) is 4.79 Å². The molecule has 0 bridgehead atoms. The standard InChI is InChI=1S/C21H19ClN2O2/c1-15-7-9-17(13-19(15)22)20-11-10-18(26-20)14-23-24-21(25)12-8-16-5-3-2-4-6-16/h2-7,9-11,13-14H,8,12H2,1H3,(H,24,25)/b23-14-. The number of nitrogens with one attached hydrogen (secondary N) is 1. The van der Waals surface area contributed by atoms with Crippen molar-refractivity contribution < 1.29 is 9.21 Å². The van der Waals surface area contributed by atoms with Gasteiger partial charge in [0.05, 0.1) is 6.21 Å². The topological polar surface area (TPSA) is 54.6 Å². The summed E-state index contributed by atoms with van der Waals surface area (Å²) in [4.78, 5) is 11.8. The molecule has 0 spiro atoms. The molecule has 3 aromatic rings. The molecule has 2 aromatic carbocycles. The third-order valence-electron chi connectivity index (χ3n) is 3.95. The maximum Gasteiger partial charge on any atom is 0.240 e. The van der Waals surface area contributed by atoms with Crippen molar-refractivity contribution >= 4 is 23.7 Å². The molecule has 0 unspecified atom stereocenters. The minimum atomic E-state index is -0.137. The summed E-state index contributed by atoms with van der Waals surface area (Å²) in [7, 11) is 0. The van der Waals surface area contributed by atoms with Crippen LogP contribution in [0, 0.1) is 6.92 Å². The van der Waals surface area contributed by atoms with Gasteiger partial charge in [0.15, 0.2) is 0 Å². The average Bonchev–Trinajstić information content (AvgIpc) is 3.12. The van der Waals surface area contributed by atoms with Crippen LogP contribution >= 0.6 is 11.6 Å². The van der Waals surface area contributed by atoms with E-state index in [1.54, 1.807) is 6.07 Å². The average molecular weight is 367 g/mol. The van der Waals surface area contributed by atoms with Gasteiger partial charge in [0.1, 0.15) is 11.5 Å². The summed E-state index contributed by atoms with van der Waals surface area (Å²) in [6, 6.07) is 19.3. The first-order valence-corrected chi connectivity index (χ1v) is 8.72. The Morgan fingerprint density at radius 2 is 1.96 bits per heavy atom. The Bertz CT molecular complexity index is 917. The number of amides is 1. The Morgan fingerprint density at radius 1 is 1.15 bits per heavy atom. The third-order valence-corrected chi connectivity index (χ3v) is 4.35. The van der Waals surface area contributed by atoms with Gasteiger partial charge in [-0.2, -0.15) is 5.10 Å². The third kappa shape index (κ3) is 4.83. The zero-order chi connectivity index (χ0) is 18.4. The van der Waals surface area contributed by atoms with E-state index in [0.717, 1.165) is 16.7 Å². The Hall–Kier alpha value is -2.85. The van der Waals surface area contributed by atoms with Crippen LogP contribution in [0.5, 0.6) is 0 Å². The largest absolute Gasteiger partial charge is 0.455 e. The van der Waals surface area contributed by atoms with Gasteiger partial charge in [0.25, 0.3) is 0 Å². The van der Waals surface area contributed by atoms with Crippen LogP contribution in [0.2, 0.25) is 5.02 Å². The van der Waals surface area contributed by atoms with Crippen molar-refractivity contribution in [2.24, 2.45) is 5.10 Å². The highest BCUT2D eigenvalue weighted by atomic mass is 35.5. The smallest absolute Gasteiger partial charge is 0.240 e. The Labute approximate surface area is 157 Å². The SMILES string of the molecule is Cc1ccc(-c2ccc(/C=N\NC(=O)CCc3ccccc3)o2)cc1Cl. The van der Waals surface area contributed by atoms with Crippen molar-refractivity contribution in [2.75, 3.05) is 0 Å². The van der Waals surface area contributed by atoms with Crippen LogP contribution in [0.1, 0.15) is 23.3 Å². The molecule has 132 valence electrons. The minimum absolute atomic E-state index is 0.137. The highest BCUT2D eigenvalue weighted by Crippen LogP contribution is 2.26.